The molecule has 0 aliphatic carbocycles. The molecule has 0 atom stereocenters. The molecule has 0 aliphatic rings. The normalized spacial score (nSPS) is 10.0. The maximum atomic E-state index is 12.2. The van der Waals surface area contributed by atoms with E-state index in [-0.39, 0.29) is 5.56 Å². The number of primary amides is 1. The van der Waals surface area contributed by atoms with Gasteiger partial charge in [-0.3, -0.25) is 14.4 Å². The van der Waals surface area contributed by atoms with Crippen LogP contribution in [0.15, 0.2) is 18.2 Å². The number of amides is 2. The Labute approximate surface area is 114 Å². The molecule has 0 unspecified atom stereocenters. The maximum absolute atomic E-state index is 12.2. The minimum atomic E-state index is -1.22. The lowest BCUT2D eigenvalue weighted by atomic mass is 10.1. The average Bonchev–Trinajstić information content (AvgIpc) is 2.26. The number of benzene rings is 1. The van der Waals surface area contributed by atoms with Crippen molar-refractivity contribution in [3.05, 3.63) is 34.3 Å². The Kier molecular flexibility index (Phi) is 4.88. The van der Waals surface area contributed by atoms with Crippen molar-refractivity contribution < 1.29 is 19.5 Å². The fraction of sp³-hybridized carbons (Fsp3) is 0.250. The van der Waals surface area contributed by atoms with Gasteiger partial charge in [-0.1, -0.05) is 11.6 Å². The molecule has 1 rings (SSSR count). The SMILES string of the molecule is Cc1cc(Cl)ccc1C(=O)N(CC(N)=O)CC(=O)O. The highest BCUT2D eigenvalue weighted by Crippen LogP contribution is 2.16. The van der Waals surface area contributed by atoms with Gasteiger partial charge in [0.1, 0.15) is 13.1 Å². The lowest BCUT2D eigenvalue weighted by Crippen LogP contribution is -2.41. The van der Waals surface area contributed by atoms with Gasteiger partial charge in [-0.05, 0) is 30.7 Å². The van der Waals surface area contributed by atoms with Crippen molar-refractivity contribution in [3.8, 4) is 0 Å². The summed E-state index contributed by atoms with van der Waals surface area (Å²) in [5, 5.41) is 9.21. The van der Waals surface area contributed by atoms with Gasteiger partial charge in [0.15, 0.2) is 0 Å². The van der Waals surface area contributed by atoms with Gasteiger partial charge in [0, 0.05) is 10.6 Å². The van der Waals surface area contributed by atoms with Crippen LogP contribution in [0.3, 0.4) is 0 Å². The second-order valence-corrected chi connectivity index (χ2v) is 4.42. The predicted octanol–water partition coefficient (Wildman–Crippen LogP) is 0.661. The maximum Gasteiger partial charge on any atom is 0.323 e. The first kappa shape index (κ1) is 15.0. The Morgan fingerprint density at radius 2 is 1.95 bits per heavy atom. The zero-order chi connectivity index (χ0) is 14.6. The number of aryl methyl sites for hydroxylation is 1. The Morgan fingerprint density at radius 1 is 1.32 bits per heavy atom. The standard InChI is InChI=1S/C12H13ClN2O4/c1-7-4-8(13)2-3-9(7)12(19)15(5-10(14)16)6-11(17)18/h2-4H,5-6H2,1H3,(H2,14,16)(H,17,18). The van der Waals surface area contributed by atoms with Gasteiger partial charge in [-0.15, -0.1) is 0 Å². The van der Waals surface area contributed by atoms with E-state index in [9.17, 15) is 14.4 Å². The molecular weight excluding hydrogens is 272 g/mol. The third-order valence-electron chi connectivity index (χ3n) is 2.38. The molecule has 0 radical (unpaired) electrons. The molecule has 0 aromatic heterocycles. The molecule has 19 heavy (non-hydrogen) atoms. The zero-order valence-corrected chi connectivity index (χ0v) is 11.0. The summed E-state index contributed by atoms with van der Waals surface area (Å²) in [4.78, 5) is 34.6. The summed E-state index contributed by atoms with van der Waals surface area (Å²) in [5.74, 6) is -2.57. The second kappa shape index (κ2) is 6.19. The van der Waals surface area contributed by atoms with Gasteiger partial charge in [0.25, 0.3) is 5.91 Å². The molecule has 1 aromatic rings. The summed E-state index contributed by atoms with van der Waals surface area (Å²) >= 11 is 5.78. The molecule has 6 nitrogen and oxygen atoms in total. The molecular formula is C12H13ClN2O4. The first-order valence-corrected chi connectivity index (χ1v) is 5.74. The number of rotatable bonds is 5. The van der Waals surface area contributed by atoms with Gasteiger partial charge < -0.3 is 15.7 Å². The summed E-state index contributed by atoms with van der Waals surface area (Å²) in [6.45, 7) is 0.624. The molecule has 0 fully saturated rings. The van der Waals surface area contributed by atoms with Crippen LogP contribution in [0, 0.1) is 6.92 Å². The zero-order valence-electron chi connectivity index (χ0n) is 10.2. The highest BCUT2D eigenvalue weighted by molar-refractivity contribution is 6.30. The van der Waals surface area contributed by atoms with Crippen LogP contribution in [0.25, 0.3) is 0 Å². The predicted molar refractivity (Wildman–Crippen MR) is 68.9 cm³/mol. The van der Waals surface area contributed by atoms with Crippen LogP contribution in [-0.4, -0.2) is 40.9 Å². The van der Waals surface area contributed by atoms with E-state index in [1.807, 2.05) is 0 Å². The topological polar surface area (TPSA) is 101 Å². The number of nitrogens with zero attached hydrogens (tertiary/aromatic N) is 1. The number of aliphatic carboxylic acids is 1. The van der Waals surface area contributed by atoms with Crippen LogP contribution in [0.1, 0.15) is 15.9 Å². The lowest BCUT2D eigenvalue weighted by Gasteiger charge is -2.20. The molecule has 0 saturated carbocycles. The van der Waals surface area contributed by atoms with E-state index in [1.54, 1.807) is 13.0 Å². The van der Waals surface area contributed by atoms with E-state index in [2.05, 4.69) is 0 Å². The van der Waals surface area contributed by atoms with E-state index in [0.29, 0.717) is 10.6 Å². The molecule has 0 heterocycles. The van der Waals surface area contributed by atoms with Crippen molar-refractivity contribution in [1.29, 1.82) is 0 Å². The Hall–Kier alpha value is -2.08. The third-order valence-corrected chi connectivity index (χ3v) is 2.61. The van der Waals surface area contributed by atoms with Crippen LogP contribution in [0.2, 0.25) is 5.02 Å². The molecule has 3 N–H and O–H groups in total. The fourth-order valence-corrected chi connectivity index (χ4v) is 1.81. The number of hydrogen-bond acceptors (Lipinski definition) is 3. The third kappa shape index (κ3) is 4.26. The minimum absolute atomic E-state index is 0.284. The van der Waals surface area contributed by atoms with E-state index in [0.717, 1.165) is 4.90 Å². The van der Waals surface area contributed by atoms with Crippen molar-refractivity contribution in [2.24, 2.45) is 5.73 Å². The second-order valence-electron chi connectivity index (χ2n) is 3.98. The van der Waals surface area contributed by atoms with Crippen LogP contribution < -0.4 is 5.73 Å². The quantitative estimate of drug-likeness (QED) is 0.829. The monoisotopic (exact) mass is 284 g/mol. The van der Waals surface area contributed by atoms with E-state index < -0.39 is 30.9 Å². The Bertz CT molecular complexity index is 514. The van der Waals surface area contributed by atoms with Crippen LogP contribution in [0.5, 0.6) is 0 Å². The molecule has 1 aromatic carbocycles. The first-order valence-electron chi connectivity index (χ1n) is 5.36. The average molecular weight is 285 g/mol. The number of carbonyl (C=O) groups excluding carboxylic acids is 2. The summed E-state index contributed by atoms with van der Waals surface area (Å²) < 4.78 is 0. The molecule has 0 bridgehead atoms. The molecule has 0 aliphatic heterocycles. The van der Waals surface area contributed by atoms with Gasteiger partial charge in [-0.2, -0.15) is 0 Å². The number of carbonyl (C=O) groups is 3. The molecule has 102 valence electrons. The summed E-state index contributed by atoms with van der Waals surface area (Å²) in [7, 11) is 0. The number of nitrogens with two attached hydrogens (primary N) is 1. The smallest absolute Gasteiger partial charge is 0.323 e. The molecule has 0 saturated heterocycles. The van der Waals surface area contributed by atoms with Gasteiger partial charge in [0.2, 0.25) is 5.91 Å². The van der Waals surface area contributed by atoms with Gasteiger partial charge in [-0.25, -0.2) is 0 Å². The number of carboxylic acids is 1. The van der Waals surface area contributed by atoms with Crippen molar-refractivity contribution in [2.75, 3.05) is 13.1 Å². The lowest BCUT2D eigenvalue weighted by molar-refractivity contribution is -0.138. The van der Waals surface area contributed by atoms with Crippen molar-refractivity contribution in [1.82, 2.24) is 4.90 Å². The molecule has 2 amide bonds. The van der Waals surface area contributed by atoms with Gasteiger partial charge in [0.05, 0.1) is 0 Å². The van der Waals surface area contributed by atoms with Crippen molar-refractivity contribution in [3.63, 3.8) is 0 Å². The highest BCUT2D eigenvalue weighted by Gasteiger charge is 2.21. The number of carboxylic acid groups (broad SMARTS) is 1. The number of halogens is 1. The minimum Gasteiger partial charge on any atom is -0.480 e. The van der Waals surface area contributed by atoms with Crippen LogP contribution in [-0.2, 0) is 9.59 Å². The molecule has 0 spiro atoms. The largest absolute Gasteiger partial charge is 0.480 e. The van der Waals surface area contributed by atoms with Crippen LogP contribution in [0.4, 0.5) is 0 Å². The Balaban J connectivity index is 3.04. The molecule has 7 heteroatoms. The summed E-state index contributed by atoms with van der Waals surface area (Å²) in [6, 6.07) is 4.58. The van der Waals surface area contributed by atoms with Crippen molar-refractivity contribution in [2.45, 2.75) is 6.92 Å². The Morgan fingerprint density at radius 3 is 2.42 bits per heavy atom. The van der Waals surface area contributed by atoms with E-state index in [1.165, 1.54) is 12.1 Å². The van der Waals surface area contributed by atoms with Crippen LogP contribution >= 0.6 is 11.6 Å². The summed E-state index contributed by atoms with van der Waals surface area (Å²) in [6.07, 6.45) is 0. The van der Waals surface area contributed by atoms with Crippen molar-refractivity contribution >= 4 is 29.4 Å². The van der Waals surface area contributed by atoms with Gasteiger partial charge >= 0.3 is 5.97 Å². The fourth-order valence-electron chi connectivity index (χ4n) is 1.59. The number of hydrogen-bond donors (Lipinski definition) is 2. The van der Waals surface area contributed by atoms with E-state index >= 15 is 0 Å². The van der Waals surface area contributed by atoms with E-state index in [4.69, 9.17) is 22.4 Å². The summed E-state index contributed by atoms with van der Waals surface area (Å²) in [5.41, 5.74) is 5.88. The first-order chi connectivity index (χ1) is 8.81. The highest BCUT2D eigenvalue weighted by atomic mass is 35.5.